The monoisotopic (exact) mass is 581 g/mol. The Morgan fingerprint density at radius 2 is 1.05 bits per heavy atom. The van der Waals surface area contributed by atoms with E-state index in [0.717, 1.165) is 0 Å². The number of hydrogen-bond acceptors (Lipinski definition) is 2. The molecule has 0 spiro atoms. The summed E-state index contributed by atoms with van der Waals surface area (Å²) in [6.07, 6.45) is -21.7. The summed E-state index contributed by atoms with van der Waals surface area (Å²) in [4.78, 5) is 11.9. The third-order valence-corrected chi connectivity index (χ3v) is 5.17. The molecular weight excluding hydrogens is 578 g/mol. The molecule has 0 atom stereocenters. The van der Waals surface area contributed by atoms with E-state index in [9.17, 15) is 88.9 Å². The third-order valence-electron chi connectivity index (χ3n) is 5.17. The highest BCUT2D eigenvalue weighted by Gasteiger charge is 3.06. The van der Waals surface area contributed by atoms with Crippen LogP contribution in [0.1, 0.15) is 16.7 Å². The number of rotatable bonds is 3. The molecule has 0 aliphatic heterocycles. The van der Waals surface area contributed by atoms with Gasteiger partial charge in [0.25, 0.3) is 5.41 Å². The van der Waals surface area contributed by atoms with Gasteiger partial charge in [0, 0.05) is 0 Å². The summed E-state index contributed by atoms with van der Waals surface area (Å²) in [5.74, 6) is -41.1. The maximum atomic E-state index is 14.0. The maximum Gasteiger partial charge on any atom is 0.419 e. The van der Waals surface area contributed by atoms with E-state index in [1.807, 2.05) is 0 Å². The van der Waals surface area contributed by atoms with Crippen LogP contribution in [0.5, 0.6) is 0 Å². The molecule has 0 unspecified atom stereocenters. The molecule has 1 saturated carbocycles. The first kappa shape index (κ1) is 30.4. The SMILES string of the molecule is O=C(/C=C(\[O-])c1cc(F)c(C(F)(F)F)cc1C(F)(F)F)C1(C(F)(F)F)C(F)(F)C(F)(F)C(F)(F)C1(F)F. The molecule has 210 valence electrons. The number of benzene rings is 1. The molecule has 1 aromatic carbocycles. The van der Waals surface area contributed by atoms with Gasteiger partial charge in [-0.15, -0.1) is 0 Å². The van der Waals surface area contributed by atoms with Crippen LogP contribution in [0.4, 0.5) is 79.0 Å². The molecule has 0 saturated heterocycles. The second-order valence-corrected chi connectivity index (χ2v) is 7.29. The Morgan fingerprint density at radius 3 is 1.38 bits per heavy atom. The average Bonchev–Trinajstić information content (AvgIpc) is 2.69. The molecule has 2 rings (SSSR count). The predicted molar refractivity (Wildman–Crippen MR) is 77.7 cm³/mol. The van der Waals surface area contributed by atoms with E-state index >= 15 is 0 Å². The highest BCUT2D eigenvalue weighted by atomic mass is 19.4. The van der Waals surface area contributed by atoms with Crippen molar-refractivity contribution in [3.8, 4) is 0 Å². The fourth-order valence-electron chi connectivity index (χ4n) is 3.40. The number of carbonyl (C=O) groups is 1. The Bertz CT molecular complexity index is 1110. The first-order chi connectivity index (χ1) is 16.0. The molecule has 1 aliphatic rings. The van der Waals surface area contributed by atoms with Crippen LogP contribution in [-0.2, 0) is 17.1 Å². The molecule has 0 amide bonds. The summed E-state index contributed by atoms with van der Waals surface area (Å²) in [6.45, 7) is 0. The zero-order valence-electron chi connectivity index (χ0n) is 16.4. The van der Waals surface area contributed by atoms with Gasteiger partial charge in [0.05, 0.1) is 11.1 Å². The summed E-state index contributed by atoms with van der Waals surface area (Å²) in [7, 11) is 0. The predicted octanol–water partition coefficient (Wildman–Crippen LogP) is 6.24. The highest BCUT2D eigenvalue weighted by molar-refractivity contribution is 6.02. The van der Waals surface area contributed by atoms with Crippen LogP contribution in [0.2, 0.25) is 0 Å². The summed E-state index contributed by atoms with van der Waals surface area (Å²) < 4.78 is 241. The van der Waals surface area contributed by atoms with Crippen LogP contribution < -0.4 is 5.11 Å². The minimum atomic E-state index is -7.77. The van der Waals surface area contributed by atoms with Gasteiger partial charge in [-0.05, 0) is 23.8 Å². The van der Waals surface area contributed by atoms with Crippen molar-refractivity contribution in [1.29, 1.82) is 0 Å². The number of alkyl halides is 17. The van der Waals surface area contributed by atoms with Gasteiger partial charge in [-0.2, -0.15) is 74.6 Å². The molecule has 20 heteroatoms. The lowest BCUT2D eigenvalue weighted by Gasteiger charge is -2.37. The lowest BCUT2D eigenvalue weighted by Crippen LogP contribution is -2.64. The standard InChI is InChI=1S/C17H4F18O2/c18-7-1-4(5(11(19,20)21)2-6(7)12(22,23)24)8(36)3-9(37)10(17(33,34)35)13(25,26)15(29,30)16(31,32)14(10,27)28/h1-3,36H/p-1/b8-3-. The summed E-state index contributed by atoms with van der Waals surface area (Å²) in [5, 5.41) is 11.9. The Balaban J connectivity index is 2.95. The Morgan fingerprint density at radius 1 is 0.676 bits per heavy atom. The van der Waals surface area contributed by atoms with Crippen LogP contribution in [0.15, 0.2) is 18.2 Å². The molecule has 1 aliphatic carbocycles. The quantitative estimate of drug-likeness (QED) is 0.241. The fourth-order valence-corrected chi connectivity index (χ4v) is 3.40. The minimum Gasteiger partial charge on any atom is -0.872 e. The first-order valence-corrected chi connectivity index (χ1v) is 8.54. The second-order valence-electron chi connectivity index (χ2n) is 7.29. The zero-order valence-corrected chi connectivity index (χ0v) is 16.4. The van der Waals surface area contributed by atoms with Crippen LogP contribution in [0.25, 0.3) is 5.76 Å². The van der Waals surface area contributed by atoms with Gasteiger partial charge >= 0.3 is 42.2 Å². The Labute approximate surface area is 190 Å². The van der Waals surface area contributed by atoms with E-state index in [4.69, 9.17) is 0 Å². The van der Waals surface area contributed by atoms with Crippen molar-refractivity contribution in [2.75, 3.05) is 0 Å². The fraction of sp³-hybridized carbons (Fsp3) is 0.471. The van der Waals surface area contributed by atoms with E-state index in [1.165, 1.54) is 0 Å². The lowest BCUT2D eigenvalue weighted by atomic mass is 9.74. The van der Waals surface area contributed by atoms with Crippen molar-refractivity contribution in [2.45, 2.75) is 42.2 Å². The number of allylic oxidation sites excluding steroid dienone is 1. The van der Waals surface area contributed by atoms with Crippen molar-refractivity contribution < 1.29 is 88.9 Å². The molecule has 1 fully saturated rings. The largest absolute Gasteiger partial charge is 0.872 e. The molecule has 0 N–H and O–H groups in total. The maximum absolute atomic E-state index is 14.0. The van der Waals surface area contributed by atoms with Gasteiger partial charge in [0.2, 0.25) is 0 Å². The number of carbonyl (C=O) groups excluding carboxylic acids is 1. The van der Waals surface area contributed by atoms with E-state index in [2.05, 4.69) is 0 Å². The molecule has 0 radical (unpaired) electrons. The van der Waals surface area contributed by atoms with Crippen molar-refractivity contribution in [3.63, 3.8) is 0 Å². The molecular formula is C17H3F18O2-. The molecule has 0 aromatic heterocycles. The van der Waals surface area contributed by atoms with Gasteiger partial charge in [-0.1, -0.05) is 5.76 Å². The van der Waals surface area contributed by atoms with Gasteiger partial charge in [-0.25, -0.2) is 4.39 Å². The van der Waals surface area contributed by atoms with Crippen LogP contribution in [-0.4, -0.2) is 35.6 Å². The van der Waals surface area contributed by atoms with E-state index in [0.29, 0.717) is 0 Å². The first-order valence-electron chi connectivity index (χ1n) is 8.54. The van der Waals surface area contributed by atoms with Crippen LogP contribution >= 0.6 is 0 Å². The van der Waals surface area contributed by atoms with Crippen LogP contribution in [0.3, 0.4) is 0 Å². The summed E-state index contributed by atoms with van der Waals surface area (Å²) in [5.41, 5.74) is -15.7. The average molecular weight is 581 g/mol. The van der Waals surface area contributed by atoms with Crippen molar-refractivity contribution >= 4 is 11.5 Å². The van der Waals surface area contributed by atoms with Crippen molar-refractivity contribution in [2.24, 2.45) is 5.41 Å². The van der Waals surface area contributed by atoms with E-state index in [-0.39, 0.29) is 0 Å². The van der Waals surface area contributed by atoms with Gasteiger partial charge in [0.1, 0.15) is 5.82 Å². The van der Waals surface area contributed by atoms with Gasteiger partial charge in [-0.3, -0.25) is 4.79 Å². The minimum absolute atomic E-state index is 1.04. The smallest absolute Gasteiger partial charge is 0.419 e. The molecule has 0 heterocycles. The summed E-state index contributed by atoms with van der Waals surface area (Å²) >= 11 is 0. The van der Waals surface area contributed by atoms with Gasteiger partial charge in [0.15, 0.2) is 5.78 Å². The van der Waals surface area contributed by atoms with Crippen molar-refractivity contribution in [1.82, 2.24) is 0 Å². The highest BCUT2D eigenvalue weighted by Crippen LogP contribution is 2.75. The lowest BCUT2D eigenvalue weighted by molar-refractivity contribution is -0.341. The van der Waals surface area contributed by atoms with E-state index in [1.54, 1.807) is 0 Å². The van der Waals surface area contributed by atoms with Gasteiger partial charge < -0.3 is 5.11 Å². The molecule has 37 heavy (non-hydrogen) atoms. The van der Waals surface area contributed by atoms with E-state index < -0.39 is 99.9 Å². The third kappa shape index (κ3) is 3.71. The molecule has 2 nitrogen and oxygen atoms in total. The zero-order chi connectivity index (χ0) is 29.6. The summed E-state index contributed by atoms with van der Waals surface area (Å²) in [6, 6.07) is -2.21. The topological polar surface area (TPSA) is 40.1 Å². The normalized spacial score (nSPS) is 22.7. The van der Waals surface area contributed by atoms with Crippen LogP contribution in [0, 0.1) is 11.2 Å². The number of ketones is 1. The molecule has 1 aromatic rings. The Kier molecular flexibility index (Phi) is 6.44. The second kappa shape index (κ2) is 7.84. The molecule has 0 bridgehead atoms. The number of hydrogen-bond donors (Lipinski definition) is 0. The van der Waals surface area contributed by atoms with Crippen molar-refractivity contribution in [3.05, 3.63) is 40.7 Å². The number of halogens is 18. The Hall–Kier alpha value is -2.83.